The van der Waals surface area contributed by atoms with Crippen LogP contribution in [0.15, 0.2) is 48.5 Å². The van der Waals surface area contributed by atoms with E-state index in [9.17, 15) is 9.59 Å². The van der Waals surface area contributed by atoms with Crippen LogP contribution >= 0.6 is 0 Å². The summed E-state index contributed by atoms with van der Waals surface area (Å²) in [6.45, 7) is 7.19. The van der Waals surface area contributed by atoms with E-state index in [4.69, 9.17) is 4.74 Å². The van der Waals surface area contributed by atoms with Crippen molar-refractivity contribution in [3.8, 4) is 5.75 Å². The van der Waals surface area contributed by atoms with Crippen molar-refractivity contribution in [2.45, 2.75) is 13.8 Å². The number of nitrogens with one attached hydrogen (secondary N) is 1. The molecule has 1 heterocycles. The molecular weight excluding hydrogens is 342 g/mol. The van der Waals surface area contributed by atoms with Crippen LogP contribution in [-0.2, 0) is 4.79 Å². The number of ether oxygens (including phenoxy) is 1. The van der Waals surface area contributed by atoms with Crippen molar-refractivity contribution in [2.75, 3.05) is 43.0 Å². The van der Waals surface area contributed by atoms with Gasteiger partial charge in [0.05, 0.1) is 6.61 Å². The Morgan fingerprint density at radius 2 is 1.74 bits per heavy atom. The Bertz CT molecular complexity index is 797. The third-order valence-electron chi connectivity index (χ3n) is 4.62. The summed E-state index contributed by atoms with van der Waals surface area (Å²) in [7, 11) is 0. The van der Waals surface area contributed by atoms with Crippen molar-refractivity contribution in [3.63, 3.8) is 0 Å². The van der Waals surface area contributed by atoms with E-state index < -0.39 is 0 Å². The lowest BCUT2D eigenvalue weighted by molar-refractivity contribution is -0.129. The lowest BCUT2D eigenvalue weighted by Gasteiger charge is -2.35. The molecular formula is C21H25N3O3. The van der Waals surface area contributed by atoms with E-state index in [2.05, 4.69) is 10.2 Å². The lowest BCUT2D eigenvalue weighted by atomic mass is 10.2. The van der Waals surface area contributed by atoms with E-state index in [1.54, 1.807) is 19.1 Å². The molecule has 0 spiro atoms. The van der Waals surface area contributed by atoms with Gasteiger partial charge in [0.25, 0.3) is 5.91 Å². The van der Waals surface area contributed by atoms with E-state index in [0.717, 1.165) is 37.6 Å². The third kappa shape index (κ3) is 4.78. The summed E-state index contributed by atoms with van der Waals surface area (Å²) in [6, 6.07) is 14.9. The topological polar surface area (TPSA) is 61.9 Å². The van der Waals surface area contributed by atoms with E-state index in [0.29, 0.717) is 17.9 Å². The fraction of sp³-hybridized carbons (Fsp3) is 0.333. The molecule has 142 valence electrons. The molecule has 0 bridgehead atoms. The zero-order chi connectivity index (χ0) is 19.2. The van der Waals surface area contributed by atoms with Gasteiger partial charge in [0, 0.05) is 50.0 Å². The molecule has 6 nitrogen and oxygen atoms in total. The molecule has 27 heavy (non-hydrogen) atoms. The minimum absolute atomic E-state index is 0.126. The van der Waals surface area contributed by atoms with Crippen LogP contribution in [0.4, 0.5) is 11.4 Å². The molecule has 1 aliphatic heterocycles. The molecule has 3 rings (SSSR count). The largest absolute Gasteiger partial charge is 0.494 e. The van der Waals surface area contributed by atoms with Gasteiger partial charge in [0.2, 0.25) is 5.91 Å². The molecule has 2 aromatic carbocycles. The third-order valence-corrected chi connectivity index (χ3v) is 4.62. The summed E-state index contributed by atoms with van der Waals surface area (Å²) in [6.07, 6.45) is 0. The van der Waals surface area contributed by atoms with E-state index in [1.165, 1.54) is 0 Å². The predicted octanol–water partition coefficient (Wildman–Crippen LogP) is 3.01. The van der Waals surface area contributed by atoms with Crippen LogP contribution in [0, 0.1) is 0 Å². The van der Waals surface area contributed by atoms with Crippen molar-refractivity contribution < 1.29 is 14.3 Å². The molecule has 2 aromatic rings. The highest BCUT2D eigenvalue weighted by atomic mass is 16.5. The first-order valence-corrected chi connectivity index (χ1v) is 9.21. The van der Waals surface area contributed by atoms with Gasteiger partial charge in [0.1, 0.15) is 5.75 Å². The van der Waals surface area contributed by atoms with Gasteiger partial charge in [-0.05, 0) is 49.4 Å². The second kappa shape index (κ2) is 8.58. The van der Waals surface area contributed by atoms with Gasteiger partial charge in [-0.25, -0.2) is 0 Å². The fourth-order valence-electron chi connectivity index (χ4n) is 3.13. The minimum atomic E-state index is -0.167. The van der Waals surface area contributed by atoms with Crippen molar-refractivity contribution in [2.24, 2.45) is 0 Å². The quantitative estimate of drug-likeness (QED) is 0.882. The maximum absolute atomic E-state index is 12.4. The van der Waals surface area contributed by atoms with Gasteiger partial charge in [0.15, 0.2) is 0 Å². The monoisotopic (exact) mass is 367 g/mol. The SMILES string of the molecule is CCOc1cccc(C(=O)Nc2ccc(N3CCN(C(C)=O)CC3)cc2)c1. The van der Waals surface area contributed by atoms with Crippen LogP contribution in [0.5, 0.6) is 5.75 Å². The zero-order valence-electron chi connectivity index (χ0n) is 15.8. The van der Waals surface area contributed by atoms with Gasteiger partial charge in [-0.15, -0.1) is 0 Å². The average molecular weight is 367 g/mol. The number of benzene rings is 2. The molecule has 1 saturated heterocycles. The van der Waals surface area contributed by atoms with E-state index in [1.807, 2.05) is 48.2 Å². The number of carbonyl (C=O) groups excluding carboxylic acids is 2. The fourth-order valence-corrected chi connectivity index (χ4v) is 3.13. The van der Waals surface area contributed by atoms with Crippen LogP contribution in [0.3, 0.4) is 0 Å². The number of piperazine rings is 1. The Hall–Kier alpha value is -3.02. The zero-order valence-corrected chi connectivity index (χ0v) is 15.8. The Morgan fingerprint density at radius 1 is 1.04 bits per heavy atom. The maximum Gasteiger partial charge on any atom is 0.255 e. The number of amides is 2. The first kappa shape index (κ1) is 18.8. The number of hydrogen-bond donors (Lipinski definition) is 1. The van der Waals surface area contributed by atoms with Gasteiger partial charge in [-0.3, -0.25) is 9.59 Å². The van der Waals surface area contributed by atoms with Crippen LogP contribution in [0.25, 0.3) is 0 Å². The molecule has 6 heteroatoms. The molecule has 2 amide bonds. The summed E-state index contributed by atoms with van der Waals surface area (Å²) in [5.41, 5.74) is 2.40. The van der Waals surface area contributed by atoms with Crippen LogP contribution < -0.4 is 15.0 Å². The van der Waals surface area contributed by atoms with E-state index in [-0.39, 0.29) is 11.8 Å². The molecule has 0 radical (unpaired) electrons. The van der Waals surface area contributed by atoms with Gasteiger partial charge in [-0.1, -0.05) is 6.07 Å². The average Bonchev–Trinajstić information content (AvgIpc) is 2.69. The maximum atomic E-state index is 12.4. The van der Waals surface area contributed by atoms with Crippen molar-refractivity contribution in [3.05, 3.63) is 54.1 Å². The highest BCUT2D eigenvalue weighted by molar-refractivity contribution is 6.04. The van der Waals surface area contributed by atoms with Crippen LogP contribution in [0.2, 0.25) is 0 Å². The Balaban J connectivity index is 1.60. The van der Waals surface area contributed by atoms with Gasteiger partial charge in [-0.2, -0.15) is 0 Å². The lowest BCUT2D eigenvalue weighted by Crippen LogP contribution is -2.48. The molecule has 0 atom stereocenters. The van der Waals surface area contributed by atoms with Crippen molar-refractivity contribution >= 4 is 23.2 Å². The molecule has 0 aromatic heterocycles. The van der Waals surface area contributed by atoms with Crippen LogP contribution in [0.1, 0.15) is 24.2 Å². The number of anilines is 2. The van der Waals surface area contributed by atoms with Crippen molar-refractivity contribution in [1.82, 2.24) is 4.90 Å². The van der Waals surface area contributed by atoms with Gasteiger partial charge >= 0.3 is 0 Å². The van der Waals surface area contributed by atoms with Crippen LogP contribution in [-0.4, -0.2) is 49.5 Å². The summed E-state index contributed by atoms with van der Waals surface area (Å²) in [5, 5.41) is 2.91. The molecule has 1 fully saturated rings. The highest BCUT2D eigenvalue weighted by Gasteiger charge is 2.18. The number of rotatable bonds is 5. The first-order chi connectivity index (χ1) is 13.1. The molecule has 0 unspecified atom stereocenters. The first-order valence-electron chi connectivity index (χ1n) is 9.21. The molecule has 1 aliphatic rings. The minimum Gasteiger partial charge on any atom is -0.494 e. The summed E-state index contributed by atoms with van der Waals surface area (Å²) < 4.78 is 5.44. The second-order valence-electron chi connectivity index (χ2n) is 6.45. The Kier molecular flexibility index (Phi) is 5.96. The summed E-state index contributed by atoms with van der Waals surface area (Å²) in [4.78, 5) is 28.0. The second-order valence-corrected chi connectivity index (χ2v) is 6.45. The molecule has 1 N–H and O–H groups in total. The number of carbonyl (C=O) groups is 2. The van der Waals surface area contributed by atoms with Gasteiger partial charge < -0.3 is 19.9 Å². The standard InChI is InChI=1S/C21H25N3O3/c1-3-27-20-6-4-5-17(15-20)21(26)22-18-7-9-19(10-8-18)24-13-11-23(12-14-24)16(2)25/h4-10,15H,3,11-14H2,1-2H3,(H,22,26). The predicted molar refractivity (Wildman–Crippen MR) is 106 cm³/mol. The Labute approximate surface area is 159 Å². The van der Waals surface area contributed by atoms with Crippen molar-refractivity contribution in [1.29, 1.82) is 0 Å². The summed E-state index contributed by atoms with van der Waals surface area (Å²) >= 11 is 0. The molecule has 0 saturated carbocycles. The van der Waals surface area contributed by atoms with E-state index >= 15 is 0 Å². The number of nitrogens with zero attached hydrogens (tertiary/aromatic N) is 2. The smallest absolute Gasteiger partial charge is 0.255 e. The normalized spacial score (nSPS) is 14.0. The number of hydrogen-bond acceptors (Lipinski definition) is 4. The summed E-state index contributed by atoms with van der Waals surface area (Å²) in [5.74, 6) is 0.644. The molecule has 0 aliphatic carbocycles. The highest BCUT2D eigenvalue weighted by Crippen LogP contribution is 2.21. The Morgan fingerprint density at radius 3 is 2.37 bits per heavy atom.